The summed E-state index contributed by atoms with van der Waals surface area (Å²) in [5.41, 5.74) is 1.77. The highest BCUT2D eigenvalue weighted by atomic mass is 35.5. The highest BCUT2D eigenvalue weighted by Gasteiger charge is 2.61. The zero-order valence-corrected chi connectivity index (χ0v) is 21.7. The Morgan fingerprint density at radius 2 is 1.63 bits per heavy atom. The van der Waals surface area contributed by atoms with Crippen LogP contribution in [0.2, 0.25) is 10.0 Å². The molecule has 0 bridgehead atoms. The first kappa shape index (κ1) is 24.6. The first-order chi connectivity index (χ1) is 18.5. The van der Waals surface area contributed by atoms with Crippen molar-refractivity contribution in [2.24, 2.45) is 5.92 Å². The van der Waals surface area contributed by atoms with Crippen LogP contribution in [-0.4, -0.2) is 24.5 Å². The predicted octanol–water partition coefficient (Wildman–Crippen LogP) is 6.70. The Kier molecular flexibility index (Phi) is 6.35. The van der Waals surface area contributed by atoms with Gasteiger partial charge in [-0.1, -0.05) is 41.4 Å². The number of nitrogens with zero attached hydrogens (tertiary/aromatic N) is 2. The van der Waals surface area contributed by atoms with Crippen LogP contribution in [-0.2, 0) is 14.4 Å². The molecule has 0 aliphatic carbocycles. The fourth-order valence-electron chi connectivity index (χ4n) is 4.96. The summed E-state index contributed by atoms with van der Waals surface area (Å²) >= 11 is 12.6. The zero-order valence-electron chi connectivity index (χ0n) is 20.2. The fraction of sp³-hybridized carbons (Fsp3) is 0.172. The molecule has 0 saturated carbocycles. The van der Waals surface area contributed by atoms with Crippen molar-refractivity contribution < 1.29 is 23.6 Å². The summed E-state index contributed by atoms with van der Waals surface area (Å²) in [5.74, 6) is -0.0272. The van der Waals surface area contributed by atoms with Gasteiger partial charge in [0.25, 0.3) is 5.91 Å². The Morgan fingerprint density at radius 1 is 0.868 bits per heavy atom. The SMILES string of the molecule is CCOc1ccc(N2C(=O)[C@@H]3[C@H](ON(c4ccccc4)[C@H]3c3ccc(-c4cc(Cl)ccc4Cl)o3)C2=O)cc1. The van der Waals surface area contributed by atoms with Crippen LogP contribution < -0.4 is 14.7 Å². The minimum absolute atomic E-state index is 0.369. The number of amides is 2. The smallest absolute Gasteiger partial charge is 0.266 e. The molecule has 3 atom stereocenters. The number of fused-ring (bicyclic) bond motifs is 1. The van der Waals surface area contributed by atoms with Gasteiger partial charge >= 0.3 is 0 Å². The number of hydrogen-bond donors (Lipinski definition) is 0. The second kappa shape index (κ2) is 9.83. The van der Waals surface area contributed by atoms with Crippen molar-refractivity contribution in [3.63, 3.8) is 0 Å². The number of halogens is 2. The standard InChI is InChI=1S/C29H22Cl2N2O5/c1-2-36-20-11-9-18(10-12-20)32-28(34)25-26(33(38-27(25)29(32)35)19-6-4-3-5-7-19)24-15-14-23(37-24)21-16-17(30)8-13-22(21)31/h3-16,25-27H,2H2,1H3/t25-,26-,27-/m0/s1. The van der Waals surface area contributed by atoms with Crippen LogP contribution in [0, 0.1) is 5.92 Å². The number of carbonyl (C=O) groups excluding carboxylic acids is 2. The summed E-state index contributed by atoms with van der Waals surface area (Å²) < 4.78 is 11.7. The number of rotatable bonds is 6. The third kappa shape index (κ3) is 4.13. The van der Waals surface area contributed by atoms with Gasteiger partial charge in [-0.3, -0.25) is 14.4 Å². The molecule has 6 rings (SSSR count). The van der Waals surface area contributed by atoms with E-state index in [1.807, 2.05) is 37.3 Å². The van der Waals surface area contributed by atoms with Gasteiger partial charge < -0.3 is 9.15 Å². The fourth-order valence-corrected chi connectivity index (χ4v) is 5.34. The van der Waals surface area contributed by atoms with E-state index in [2.05, 4.69) is 0 Å². The van der Waals surface area contributed by atoms with E-state index in [1.165, 1.54) is 4.90 Å². The van der Waals surface area contributed by atoms with Crippen molar-refractivity contribution in [3.8, 4) is 17.1 Å². The van der Waals surface area contributed by atoms with Crippen LogP contribution in [0.25, 0.3) is 11.3 Å². The molecular formula is C29H22Cl2N2O5. The van der Waals surface area contributed by atoms with Crippen molar-refractivity contribution in [1.29, 1.82) is 0 Å². The predicted molar refractivity (Wildman–Crippen MR) is 144 cm³/mol. The van der Waals surface area contributed by atoms with Crippen LogP contribution in [0.1, 0.15) is 18.7 Å². The second-order valence-corrected chi connectivity index (χ2v) is 9.77. The molecule has 1 aromatic heterocycles. The lowest BCUT2D eigenvalue weighted by molar-refractivity contribution is -0.126. The molecule has 0 radical (unpaired) electrons. The molecule has 2 aliphatic rings. The number of anilines is 2. The van der Waals surface area contributed by atoms with E-state index < -0.39 is 24.0 Å². The van der Waals surface area contributed by atoms with Gasteiger partial charge in [0.2, 0.25) is 5.91 Å². The lowest BCUT2D eigenvalue weighted by Gasteiger charge is -2.27. The van der Waals surface area contributed by atoms with Crippen molar-refractivity contribution in [1.82, 2.24) is 0 Å². The molecule has 2 aliphatic heterocycles. The number of hydrogen-bond acceptors (Lipinski definition) is 6. The van der Waals surface area contributed by atoms with Gasteiger partial charge in [0.1, 0.15) is 29.2 Å². The average Bonchev–Trinajstić information content (AvgIpc) is 3.62. The molecule has 3 heterocycles. The molecule has 0 unspecified atom stereocenters. The Morgan fingerprint density at radius 3 is 2.37 bits per heavy atom. The normalized spacial score (nSPS) is 20.8. The summed E-state index contributed by atoms with van der Waals surface area (Å²) in [6, 6.07) is 24.1. The number of ether oxygens (including phenoxy) is 1. The molecule has 0 N–H and O–H groups in total. The number of imide groups is 1. The highest BCUT2D eigenvalue weighted by molar-refractivity contribution is 6.35. The van der Waals surface area contributed by atoms with E-state index in [0.717, 1.165) is 0 Å². The van der Waals surface area contributed by atoms with Gasteiger partial charge in [-0.25, -0.2) is 9.96 Å². The lowest BCUT2D eigenvalue weighted by Crippen LogP contribution is -2.37. The van der Waals surface area contributed by atoms with Gasteiger partial charge in [0.05, 0.1) is 23.0 Å². The van der Waals surface area contributed by atoms with E-state index in [0.29, 0.717) is 50.9 Å². The lowest BCUT2D eigenvalue weighted by atomic mass is 9.94. The number of carbonyl (C=O) groups is 2. The third-order valence-electron chi connectivity index (χ3n) is 6.64. The third-order valence-corrected chi connectivity index (χ3v) is 7.21. The Balaban J connectivity index is 1.39. The molecule has 192 valence electrons. The van der Waals surface area contributed by atoms with Gasteiger partial charge in [-0.15, -0.1) is 0 Å². The van der Waals surface area contributed by atoms with Gasteiger partial charge in [-0.2, -0.15) is 0 Å². The van der Waals surface area contributed by atoms with E-state index in [9.17, 15) is 9.59 Å². The second-order valence-electron chi connectivity index (χ2n) is 8.92. The van der Waals surface area contributed by atoms with E-state index in [1.54, 1.807) is 59.7 Å². The quantitative estimate of drug-likeness (QED) is 0.249. The average molecular weight is 549 g/mol. The maximum atomic E-state index is 13.8. The van der Waals surface area contributed by atoms with Gasteiger partial charge in [-0.05, 0) is 73.7 Å². The largest absolute Gasteiger partial charge is 0.494 e. The molecule has 4 aromatic rings. The molecule has 2 amide bonds. The summed E-state index contributed by atoms with van der Waals surface area (Å²) in [6.07, 6.45) is -1.01. The van der Waals surface area contributed by atoms with Crippen LogP contribution in [0.15, 0.2) is 89.3 Å². The van der Waals surface area contributed by atoms with Gasteiger partial charge in [0, 0.05) is 10.6 Å². The Bertz CT molecular complexity index is 1510. The maximum Gasteiger partial charge on any atom is 0.266 e. The van der Waals surface area contributed by atoms with E-state index in [4.69, 9.17) is 37.2 Å². The topological polar surface area (TPSA) is 72.2 Å². The summed E-state index contributed by atoms with van der Waals surface area (Å²) in [6.45, 7) is 2.40. The molecule has 9 heteroatoms. The maximum absolute atomic E-state index is 13.8. The summed E-state index contributed by atoms with van der Waals surface area (Å²) in [7, 11) is 0. The van der Waals surface area contributed by atoms with E-state index in [-0.39, 0.29) is 5.91 Å². The Labute approximate surface area is 229 Å². The molecule has 7 nitrogen and oxygen atoms in total. The Hall–Kier alpha value is -3.78. The monoisotopic (exact) mass is 548 g/mol. The minimum Gasteiger partial charge on any atom is -0.494 e. The zero-order chi connectivity index (χ0) is 26.4. The summed E-state index contributed by atoms with van der Waals surface area (Å²) in [5, 5.41) is 2.58. The number of benzene rings is 3. The van der Waals surface area contributed by atoms with Gasteiger partial charge in [0.15, 0.2) is 6.10 Å². The van der Waals surface area contributed by atoms with Crippen molar-refractivity contribution in [3.05, 3.63) is 101 Å². The molecule has 2 fully saturated rings. The number of para-hydroxylation sites is 1. The van der Waals surface area contributed by atoms with E-state index >= 15 is 0 Å². The van der Waals surface area contributed by atoms with Crippen LogP contribution in [0.4, 0.5) is 11.4 Å². The first-order valence-electron chi connectivity index (χ1n) is 12.1. The first-order valence-corrected chi connectivity index (χ1v) is 12.9. The number of furan rings is 1. The minimum atomic E-state index is -1.01. The molecule has 38 heavy (non-hydrogen) atoms. The van der Waals surface area contributed by atoms with Crippen LogP contribution in [0.5, 0.6) is 5.75 Å². The highest BCUT2D eigenvalue weighted by Crippen LogP contribution is 2.48. The van der Waals surface area contributed by atoms with Crippen LogP contribution in [0.3, 0.4) is 0 Å². The van der Waals surface area contributed by atoms with Crippen molar-refractivity contribution in [2.45, 2.75) is 19.1 Å². The molecule has 2 saturated heterocycles. The van der Waals surface area contributed by atoms with Crippen molar-refractivity contribution >= 4 is 46.4 Å². The molecule has 3 aromatic carbocycles. The summed E-state index contributed by atoms with van der Waals surface area (Å²) in [4.78, 5) is 34.7. The molecular weight excluding hydrogens is 527 g/mol. The van der Waals surface area contributed by atoms with Crippen molar-refractivity contribution in [2.75, 3.05) is 16.6 Å². The van der Waals surface area contributed by atoms with Crippen LogP contribution >= 0.6 is 23.2 Å². The molecule has 0 spiro atoms. The number of hydroxylamine groups is 1.